The Balaban J connectivity index is 1.64. The van der Waals surface area contributed by atoms with Gasteiger partial charge in [-0.05, 0) is 55.0 Å². The van der Waals surface area contributed by atoms with Gasteiger partial charge in [-0.1, -0.05) is 41.9 Å². The molecule has 3 N–H and O–H groups in total. The third-order valence-corrected chi connectivity index (χ3v) is 5.93. The van der Waals surface area contributed by atoms with Crippen molar-refractivity contribution >= 4 is 44.8 Å². The first kappa shape index (κ1) is 22.3. The third-order valence-electron chi connectivity index (χ3n) is 4.32. The molecular formula is C22H20ClN3O4S. The number of sulfonamides is 1. The Labute approximate surface area is 185 Å². The fourth-order valence-electron chi connectivity index (χ4n) is 2.71. The van der Waals surface area contributed by atoms with E-state index in [9.17, 15) is 18.0 Å². The van der Waals surface area contributed by atoms with E-state index in [1.54, 1.807) is 55.5 Å². The van der Waals surface area contributed by atoms with E-state index in [-0.39, 0.29) is 11.4 Å². The molecule has 3 rings (SSSR count). The molecule has 0 aliphatic rings. The molecule has 0 aliphatic carbocycles. The van der Waals surface area contributed by atoms with Gasteiger partial charge in [-0.3, -0.25) is 14.3 Å². The summed E-state index contributed by atoms with van der Waals surface area (Å²) in [6, 6.07) is 19.2. The summed E-state index contributed by atoms with van der Waals surface area (Å²) in [5.74, 6) is -0.894. The number of benzene rings is 3. The zero-order valence-electron chi connectivity index (χ0n) is 16.6. The Morgan fingerprint density at radius 2 is 1.68 bits per heavy atom. The maximum atomic E-state index is 12.6. The molecule has 3 aromatic carbocycles. The average molecular weight is 458 g/mol. The second-order valence-electron chi connectivity index (χ2n) is 6.69. The maximum Gasteiger partial charge on any atom is 0.261 e. The van der Waals surface area contributed by atoms with Gasteiger partial charge in [-0.25, -0.2) is 8.42 Å². The minimum atomic E-state index is -3.77. The molecular weight excluding hydrogens is 438 g/mol. The van der Waals surface area contributed by atoms with E-state index in [1.165, 1.54) is 24.3 Å². The van der Waals surface area contributed by atoms with Crippen molar-refractivity contribution in [2.75, 3.05) is 16.6 Å². The first-order chi connectivity index (χ1) is 14.7. The number of carbonyl (C=O) groups is 2. The maximum absolute atomic E-state index is 12.6. The summed E-state index contributed by atoms with van der Waals surface area (Å²) in [5, 5.41) is 5.57. The Bertz CT molecular complexity index is 1210. The quantitative estimate of drug-likeness (QED) is 0.501. The molecule has 0 spiro atoms. The van der Waals surface area contributed by atoms with E-state index >= 15 is 0 Å². The number of carbonyl (C=O) groups excluding carboxylic acids is 2. The van der Waals surface area contributed by atoms with Crippen molar-refractivity contribution in [1.29, 1.82) is 0 Å². The van der Waals surface area contributed by atoms with Gasteiger partial charge in [0.05, 0.1) is 17.1 Å². The van der Waals surface area contributed by atoms with Crippen LogP contribution in [0.2, 0.25) is 5.02 Å². The molecule has 0 fully saturated rings. The second kappa shape index (κ2) is 9.63. The molecule has 0 unspecified atom stereocenters. The summed E-state index contributed by atoms with van der Waals surface area (Å²) in [6.45, 7) is 1.49. The van der Waals surface area contributed by atoms with Crippen molar-refractivity contribution in [2.45, 2.75) is 11.8 Å². The van der Waals surface area contributed by atoms with Crippen LogP contribution in [0.1, 0.15) is 15.9 Å². The monoisotopic (exact) mass is 457 g/mol. The number of hydrogen-bond donors (Lipinski definition) is 3. The lowest BCUT2D eigenvalue weighted by Crippen LogP contribution is -2.32. The minimum Gasteiger partial charge on any atom is -0.343 e. The van der Waals surface area contributed by atoms with Crippen molar-refractivity contribution in [1.82, 2.24) is 5.32 Å². The number of anilines is 2. The van der Waals surface area contributed by atoms with Crippen LogP contribution in [-0.4, -0.2) is 26.8 Å². The van der Waals surface area contributed by atoms with E-state index in [2.05, 4.69) is 15.4 Å². The minimum absolute atomic E-state index is 0.132. The van der Waals surface area contributed by atoms with Crippen LogP contribution in [0.25, 0.3) is 0 Å². The Morgan fingerprint density at radius 3 is 2.39 bits per heavy atom. The molecule has 0 bridgehead atoms. The van der Waals surface area contributed by atoms with Gasteiger partial charge in [0.2, 0.25) is 5.91 Å². The molecule has 9 heteroatoms. The fourth-order valence-corrected chi connectivity index (χ4v) is 4.04. The molecule has 3 aromatic rings. The fraction of sp³-hybridized carbons (Fsp3) is 0.0909. The number of nitrogens with one attached hydrogen (secondary N) is 3. The van der Waals surface area contributed by atoms with Crippen molar-refractivity contribution in [3.63, 3.8) is 0 Å². The van der Waals surface area contributed by atoms with Gasteiger partial charge in [0.1, 0.15) is 0 Å². The van der Waals surface area contributed by atoms with Gasteiger partial charge >= 0.3 is 0 Å². The second-order valence-corrected chi connectivity index (χ2v) is 8.81. The van der Waals surface area contributed by atoms with E-state index in [4.69, 9.17) is 11.6 Å². The van der Waals surface area contributed by atoms with Crippen LogP contribution in [0.5, 0.6) is 0 Å². The number of amides is 2. The number of aryl methyl sites for hydroxylation is 1. The Morgan fingerprint density at radius 1 is 0.935 bits per heavy atom. The normalized spacial score (nSPS) is 10.9. The first-order valence-electron chi connectivity index (χ1n) is 9.27. The van der Waals surface area contributed by atoms with Crippen LogP contribution in [0.3, 0.4) is 0 Å². The zero-order valence-corrected chi connectivity index (χ0v) is 18.1. The first-order valence-corrected chi connectivity index (χ1v) is 11.1. The van der Waals surface area contributed by atoms with Crippen molar-refractivity contribution < 1.29 is 18.0 Å². The number of halogens is 1. The topological polar surface area (TPSA) is 104 Å². The summed E-state index contributed by atoms with van der Waals surface area (Å²) in [6.07, 6.45) is 0. The van der Waals surface area contributed by atoms with Gasteiger partial charge in [0.15, 0.2) is 0 Å². The van der Waals surface area contributed by atoms with Crippen LogP contribution >= 0.6 is 11.6 Å². The summed E-state index contributed by atoms with van der Waals surface area (Å²) < 4.78 is 27.7. The van der Waals surface area contributed by atoms with Crippen LogP contribution in [0, 0.1) is 6.92 Å². The summed E-state index contributed by atoms with van der Waals surface area (Å²) in [5.41, 5.74) is 1.75. The highest BCUT2D eigenvalue weighted by Crippen LogP contribution is 2.23. The van der Waals surface area contributed by atoms with E-state index < -0.39 is 21.8 Å². The predicted molar refractivity (Wildman–Crippen MR) is 121 cm³/mol. The Kier molecular flexibility index (Phi) is 6.94. The van der Waals surface area contributed by atoms with Gasteiger partial charge in [-0.15, -0.1) is 0 Å². The average Bonchev–Trinajstić information content (AvgIpc) is 2.75. The van der Waals surface area contributed by atoms with Crippen molar-refractivity contribution in [3.8, 4) is 0 Å². The lowest BCUT2D eigenvalue weighted by atomic mass is 10.2. The molecule has 0 aromatic heterocycles. The highest BCUT2D eigenvalue weighted by Gasteiger charge is 2.15. The number of hydrogen-bond acceptors (Lipinski definition) is 4. The summed E-state index contributed by atoms with van der Waals surface area (Å²) >= 11 is 5.86. The lowest BCUT2D eigenvalue weighted by Gasteiger charge is -2.13. The zero-order chi connectivity index (χ0) is 22.4. The van der Waals surface area contributed by atoms with Crippen molar-refractivity contribution in [3.05, 3.63) is 88.9 Å². The molecule has 0 atom stereocenters. The predicted octanol–water partition coefficient (Wildman–Crippen LogP) is 3.82. The largest absolute Gasteiger partial charge is 0.343 e. The Hall–Kier alpha value is -3.36. The van der Waals surface area contributed by atoms with Gasteiger partial charge < -0.3 is 10.6 Å². The molecule has 0 saturated heterocycles. The van der Waals surface area contributed by atoms with Crippen LogP contribution in [0.15, 0.2) is 77.7 Å². The van der Waals surface area contributed by atoms with E-state index in [0.29, 0.717) is 27.5 Å². The van der Waals surface area contributed by atoms with Crippen LogP contribution < -0.4 is 15.4 Å². The van der Waals surface area contributed by atoms with E-state index in [1.807, 2.05) is 0 Å². The summed E-state index contributed by atoms with van der Waals surface area (Å²) in [7, 11) is -3.77. The van der Waals surface area contributed by atoms with Gasteiger partial charge in [0, 0.05) is 16.3 Å². The van der Waals surface area contributed by atoms with E-state index in [0.717, 1.165) is 0 Å². The molecule has 0 saturated carbocycles. The molecule has 0 radical (unpaired) electrons. The SMILES string of the molecule is Cc1ccc(NC(=O)CNC(=O)c2cccc(Cl)c2)cc1NS(=O)(=O)c1ccccc1. The highest BCUT2D eigenvalue weighted by atomic mass is 35.5. The van der Waals surface area contributed by atoms with Gasteiger partial charge in [-0.2, -0.15) is 0 Å². The standard InChI is InChI=1S/C22H20ClN3O4S/c1-15-10-11-18(13-20(15)26-31(29,30)19-8-3-2-4-9-19)25-21(27)14-24-22(28)16-6-5-7-17(23)12-16/h2-13,26H,14H2,1H3,(H,24,28)(H,25,27). The summed E-state index contributed by atoms with van der Waals surface area (Å²) in [4.78, 5) is 24.5. The molecule has 31 heavy (non-hydrogen) atoms. The highest BCUT2D eigenvalue weighted by molar-refractivity contribution is 7.92. The molecule has 7 nitrogen and oxygen atoms in total. The third kappa shape index (κ3) is 6.07. The number of rotatable bonds is 7. The molecule has 160 valence electrons. The lowest BCUT2D eigenvalue weighted by molar-refractivity contribution is -0.115. The smallest absolute Gasteiger partial charge is 0.261 e. The van der Waals surface area contributed by atoms with Crippen LogP contribution in [0.4, 0.5) is 11.4 Å². The van der Waals surface area contributed by atoms with Crippen LogP contribution in [-0.2, 0) is 14.8 Å². The molecule has 0 heterocycles. The van der Waals surface area contributed by atoms with Gasteiger partial charge in [0.25, 0.3) is 15.9 Å². The molecule has 0 aliphatic heterocycles. The van der Waals surface area contributed by atoms with Crippen molar-refractivity contribution in [2.24, 2.45) is 0 Å². The molecule has 2 amide bonds.